The lowest BCUT2D eigenvalue weighted by Crippen LogP contribution is -2.01. The smallest absolute Gasteiger partial charge is 0.129 e. The van der Waals surface area contributed by atoms with Crippen molar-refractivity contribution in [3.63, 3.8) is 0 Å². The fraction of sp³-hybridized carbons (Fsp3) is 0.375. The molecule has 66 valence electrons. The second-order valence-electron chi connectivity index (χ2n) is 2.56. The molecule has 0 fully saturated rings. The molecule has 0 aromatic carbocycles. The number of aliphatic hydroxyl groups is 1. The number of rotatable bonds is 2. The van der Waals surface area contributed by atoms with Gasteiger partial charge in [0.15, 0.2) is 0 Å². The number of hydrogen-bond donors (Lipinski definition) is 2. The molecule has 0 aliphatic heterocycles. The van der Waals surface area contributed by atoms with Crippen molar-refractivity contribution in [1.29, 1.82) is 0 Å². The molecule has 0 aliphatic carbocycles. The zero-order valence-electron chi connectivity index (χ0n) is 6.79. The lowest BCUT2D eigenvalue weighted by molar-refractivity contribution is 0.174. The van der Waals surface area contributed by atoms with Crippen molar-refractivity contribution in [3.05, 3.63) is 23.0 Å². The summed E-state index contributed by atoms with van der Waals surface area (Å²) >= 11 is 5.64. The van der Waals surface area contributed by atoms with E-state index in [1.54, 1.807) is 6.07 Å². The number of aromatic nitrogens is 1. The van der Waals surface area contributed by atoms with Gasteiger partial charge in [-0.25, -0.2) is 4.98 Å². The van der Waals surface area contributed by atoms with Crippen molar-refractivity contribution in [2.24, 2.45) is 0 Å². The summed E-state index contributed by atoms with van der Waals surface area (Å²) in [5.41, 5.74) is 6.72. The van der Waals surface area contributed by atoms with Crippen LogP contribution in [0, 0.1) is 0 Å². The molecular formula is C8H11ClN2O. The van der Waals surface area contributed by atoms with Gasteiger partial charge < -0.3 is 10.8 Å². The highest BCUT2D eigenvalue weighted by Crippen LogP contribution is 2.24. The van der Waals surface area contributed by atoms with Gasteiger partial charge in [-0.3, -0.25) is 0 Å². The predicted octanol–water partition coefficient (Wildman–Crippen LogP) is 1.76. The molecule has 12 heavy (non-hydrogen) atoms. The van der Waals surface area contributed by atoms with E-state index < -0.39 is 6.10 Å². The van der Waals surface area contributed by atoms with E-state index in [9.17, 15) is 5.11 Å². The molecule has 4 heteroatoms. The van der Waals surface area contributed by atoms with Crippen LogP contribution in [0.2, 0.25) is 5.15 Å². The van der Waals surface area contributed by atoms with Crippen LogP contribution in [0.25, 0.3) is 0 Å². The Morgan fingerprint density at radius 2 is 2.42 bits per heavy atom. The molecule has 3 nitrogen and oxygen atoms in total. The average Bonchev–Trinajstić information content (AvgIpc) is 2.08. The third-order valence-electron chi connectivity index (χ3n) is 1.68. The van der Waals surface area contributed by atoms with Crippen LogP contribution in [-0.4, -0.2) is 10.1 Å². The van der Waals surface area contributed by atoms with Gasteiger partial charge in [-0.1, -0.05) is 18.5 Å². The normalized spacial score (nSPS) is 12.9. The zero-order valence-corrected chi connectivity index (χ0v) is 7.54. The van der Waals surface area contributed by atoms with Crippen molar-refractivity contribution in [3.8, 4) is 0 Å². The number of aliphatic hydroxyl groups excluding tert-OH is 1. The first-order valence-corrected chi connectivity index (χ1v) is 4.12. The number of nitrogens with zero attached hydrogens (tertiary/aromatic N) is 1. The Kier molecular flexibility index (Phi) is 2.89. The van der Waals surface area contributed by atoms with Crippen LogP contribution in [0.4, 0.5) is 5.69 Å². The van der Waals surface area contributed by atoms with Crippen LogP contribution < -0.4 is 5.73 Å². The molecule has 0 saturated carbocycles. The standard InChI is InChI=1S/C8H11ClN2O/c1-2-7(12)5-3-8(9)11-4-6(5)10/h3-4,7,12H,2,10H2,1H3. The lowest BCUT2D eigenvalue weighted by atomic mass is 10.1. The SMILES string of the molecule is CCC(O)c1cc(Cl)ncc1N. The Morgan fingerprint density at radius 3 is 3.00 bits per heavy atom. The first-order chi connectivity index (χ1) is 5.65. The van der Waals surface area contributed by atoms with E-state index in [-0.39, 0.29) is 0 Å². The summed E-state index contributed by atoms with van der Waals surface area (Å²) in [6, 6.07) is 1.59. The Labute approximate surface area is 76.2 Å². The largest absolute Gasteiger partial charge is 0.397 e. The molecule has 1 aromatic heterocycles. The number of halogens is 1. The molecule has 1 aromatic rings. The minimum absolute atomic E-state index is 0.353. The Morgan fingerprint density at radius 1 is 1.75 bits per heavy atom. The molecular weight excluding hydrogens is 176 g/mol. The number of anilines is 1. The lowest BCUT2D eigenvalue weighted by Gasteiger charge is -2.10. The Hall–Kier alpha value is -0.800. The summed E-state index contributed by atoms with van der Waals surface area (Å²) in [4.78, 5) is 3.79. The average molecular weight is 187 g/mol. The number of pyridine rings is 1. The van der Waals surface area contributed by atoms with E-state index in [0.717, 1.165) is 0 Å². The monoisotopic (exact) mass is 186 g/mol. The van der Waals surface area contributed by atoms with Gasteiger partial charge in [0.05, 0.1) is 18.0 Å². The topological polar surface area (TPSA) is 59.1 Å². The van der Waals surface area contributed by atoms with Crippen molar-refractivity contribution in [2.45, 2.75) is 19.4 Å². The van der Waals surface area contributed by atoms with Gasteiger partial charge in [0, 0.05) is 5.56 Å². The molecule has 0 amide bonds. The van der Waals surface area contributed by atoms with E-state index in [0.29, 0.717) is 22.8 Å². The maximum atomic E-state index is 9.47. The molecule has 1 atom stereocenters. The van der Waals surface area contributed by atoms with E-state index in [1.807, 2.05) is 6.92 Å². The molecule has 0 aliphatic rings. The Balaban J connectivity index is 3.04. The van der Waals surface area contributed by atoms with Crippen molar-refractivity contribution in [2.75, 3.05) is 5.73 Å². The molecule has 1 heterocycles. The summed E-state index contributed by atoms with van der Waals surface area (Å²) in [5, 5.41) is 9.82. The van der Waals surface area contributed by atoms with Gasteiger partial charge >= 0.3 is 0 Å². The van der Waals surface area contributed by atoms with Gasteiger partial charge in [0.2, 0.25) is 0 Å². The fourth-order valence-electron chi connectivity index (χ4n) is 0.963. The van der Waals surface area contributed by atoms with Crippen LogP contribution in [0.15, 0.2) is 12.3 Å². The maximum Gasteiger partial charge on any atom is 0.129 e. The highest BCUT2D eigenvalue weighted by molar-refractivity contribution is 6.29. The van der Waals surface area contributed by atoms with Crippen LogP contribution in [0.5, 0.6) is 0 Å². The van der Waals surface area contributed by atoms with Gasteiger partial charge in [-0.05, 0) is 12.5 Å². The quantitative estimate of drug-likeness (QED) is 0.692. The predicted molar refractivity (Wildman–Crippen MR) is 48.9 cm³/mol. The maximum absolute atomic E-state index is 9.47. The number of nitrogens with two attached hydrogens (primary N) is 1. The second kappa shape index (κ2) is 3.74. The first-order valence-electron chi connectivity index (χ1n) is 3.74. The molecule has 1 rings (SSSR count). The molecule has 0 radical (unpaired) electrons. The minimum atomic E-state index is -0.550. The minimum Gasteiger partial charge on any atom is -0.397 e. The number of nitrogen functional groups attached to an aromatic ring is 1. The van der Waals surface area contributed by atoms with Crippen molar-refractivity contribution >= 4 is 17.3 Å². The summed E-state index contributed by atoms with van der Waals surface area (Å²) in [5.74, 6) is 0. The van der Waals surface area contributed by atoms with Gasteiger partial charge in [0.25, 0.3) is 0 Å². The molecule has 3 N–H and O–H groups in total. The third kappa shape index (κ3) is 1.87. The van der Waals surface area contributed by atoms with Crippen molar-refractivity contribution < 1.29 is 5.11 Å². The molecule has 0 saturated heterocycles. The van der Waals surface area contributed by atoms with Gasteiger partial charge in [-0.2, -0.15) is 0 Å². The zero-order chi connectivity index (χ0) is 9.14. The van der Waals surface area contributed by atoms with Crippen LogP contribution in [-0.2, 0) is 0 Å². The number of hydrogen-bond acceptors (Lipinski definition) is 3. The van der Waals surface area contributed by atoms with E-state index in [2.05, 4.69) is 4.98 Å². The summed E-state index contributed by atoms with van der Waals surface area (Å²) < 4.78 is 0. The molecule has 0 bridgehead atoms. The van der Waals surface area contributed by atoms with Gasteiger partial charge in [0.1, 0.15) is 5.15 Å². The third-order valence-corrected chi connectivity index (χ3v) is 1.89. The Bertz CT molecular complexity index is 278. The van der Waals surface area contributed by atoms with Crippen LogP contribution in [0.1, 0.15) is 25.0 Å². The summed E-state index contributed by atoms with van der Waals surface area (Å²) in [6.45, 7) is 1.87. The molecule has 1 unspecified atom stereocenters. The van der Waals surface area contributed by atoms with Crippen LogP contribution >= 0.6 is 11.6 Å². The van der Waals surface area contributed by atoms with Crippen molar-refractivity contribution in [1.82, 2.24) is 4.98 Å². The highest BCUT2D eigenvalue weighted by Gasteiger charge is 2.09. The van der Waals surface area contributed by atoms with E-state index in [1.165, 1.54) is 6.20 Å². The van der Waals surface area contributed by atoms with E-state index >= 15 is 0 Å². The fourth-order valence-corrected chi connectivity index (χ4v) is 1.13. The summed E-state index contributed by atoms with van der Waals surface area (Å²) in [7, 11) is 0. The second-order valence-corrected chi connectivity index (χ2v) is 2.95. The van der Waals surface area contributed by atoms with Crippen LogP contribution in [0.3, 0.4) is 0 Å². The molecule has 0 spiro atoms. The van der Waals surface area contributed by atoms with E-state index in [4.69, 9.17) is 17.3 Å². The first kappa shape index (κ1) is 9.29. The van der Waals surface area contributed by atoms with Gasteiger partial charge in [-0.15, -0.1) is 0 Å². The highest BCUT2D eigenvalue weighted by atomic mass is 35.5. The summed E-state index contributed by atoms with van der Waals surface area (Å²) in [6.07, 6.45) is 1.52.